The van der Waals surface area contributed by atoms with Gasteiger partial charge in [-0.15, -0.1) is 0 Å². The monoisotopic (exact) mass is 344 g/mol. The average molecular weight is 344 g/mol. The van der Waals surface area contributed by atoms with Crippen LogP contribution in [-0.2, 0) is 9.53 Å². The van der Waals surface area contributed by atoms with Crippen molar-refractivity contribution < 1.29 is 14.3 Å². The lowest BCUT2D eigenvalue weighted by Gasteiger charge is -2.30. The summed E-state index contributed by atoms with van der Waals surface area (Å²) in [7, 11) is 0. The van der Waals surface area contributed by atoms with E-state index in [-0.39, 0.29) is 23.6 Å². The topological polar surface area (TPSA) is 75.6 Å². The quantitative estimate of drug-likeness (QED) is 0.824. The van der Waals surface area contributed by atoms with Gasteiger partial charge in [-0.25, -0.2) is 9.78 Å². The Hall–Kier alpha value is -2.18. The minimum absolute atomic E-state index is 0.00531. The maximum atomic E-state index is 12.3. The van der Waals surface area contributed by atoms with Crippen molar-refractivity contribution in [3.05, 3.63) is 18.1 Å². The molecular formula is C18H24N4O3. The van der Waals surface area contributed by atoms with E-state index >= 15 is 0 Å². The van der Waals surface area contributed by atoms with Crippen molar-refractivity contribution in [1.82, 2.24) is 14.9 Å². The van der Waals surface area contributed by atoms with E-state index in [1.54, 1.807) is 24.2 Å². The van der Waals surface area contributed by atoms with Crippen LogP contribution in [0.1, 0.15) is 63.6 Å². The van der Waals surface area contributed by atoms with E-state index in [1.165, 1.54) is 6.42 Å². The minimum atomic E-state index is -0.341. The van der Waals surface area contributed by atoms with Crippen molar-refractivity contribution in [1.29, 1.82) is 0 Å². The van der Waals surface area contributed by atoms with Crippen LogP contribution in [0.2, 0.25) is 0 Å². The number of amides is 2. The Morgan fingerprint density at radius 3 is 2.68 bits per heavy atom. The van der Waals surface area contributed by atoms with Gasteiger partial charge in [0.1, 0.15) is 5.60 Å². The number of hydrogen-bond acceptors (Lipinski definition) is 5. The lowest BCUT2D eigenvalue weighted by atomic mass is 9.85. The first-order valence-corrected chi connectivity index (χ1v) is 9.18. The Morgan fingerprint density at radius 1 is 1.20 bits per heavy atom. The van der Waals surface area contributed by atoms with E-state index in [9.17, 15) is 9.59 Å². The standard InChI is InChI=1S/C18H24N4O3/c1-13(23)21-9-5-6-15(21)14-10-20-16(11-19-14)22-12-18(25-17(22)24)7-3-2-4-8-18/h10-11,15H,2-9,12H2,1H3/t15-/m1/s1. The van der Waals surface area contributed by atoms with Crippen LogP contribution in [0.25, 0.3) is 0 Å². The predicted molar refractivity (Wildman–Crippen MR) is 91.0 cm³/mol. The molecule has 1 aromatic rings. The summed E-state index contributed by atoms with van der Waals surface area (Å²) in [5, 5.41) is 0. The first-order chi connectivity index (χ1) is 12.1. The van der Waals surface area contributed by atoms with Crippen LogP contribution in [0.3, 0.4) is 0 Å². The smallest absolute Gasteiger partial charge is 0.416 e. The molecule has 25 heavy (non-hydrogen) atoms. The number of rotatable bonds is 2. The highest BCUT2D eigenvalue weighted by Gasteiger charge is 2.46. The van der Waals surface area contributed by atoms with Crippen molar-refractivity contribution in [3.8, 4) is 0 Å². The molecule has 1 spiro atoms. The molecule has 1 saturated carbocycles. The minimum Gasteiger partial charge on any atom is -0.441 e. The molecule has 0 bridgehead atoms. The molecule has 7 nitrogen and oxygen atoms in total. The number of carbonyl (C=O) groups excluding carboxylic acids is 2. The third-order valence-electron chi connectivity index (χ3n) is 5.67. The van der Waals surface area contributed by atoms with E-state index in [2.05, 4.69) is 9.97 Å². The Labute approximate surface area is 147 Å². The molecule has 1 atom stereocenters. The number of carbonyl (C=O) groups is 2. The molecule has 3 aliphatic rings. The summed E-state index contributed by atoms with van der Waals surface area (Å²) < 4.78 is 5.70. The molecular weight excluding hydrogens is 320 g/mol. The summed E-state index contributed by atoms with van der Waals surface area (Å²) in [6.07, 6.45) is 10.2. The average Bonchev–Trinajstić information content (AvgIpc) is 3.21. The highest BCUT2D eigenvalue weighted by atomic mass is 16.6. The van der Waals surface area contributed by atoms with E-state index in [0.29, 0.717) is 12.4 Å². The molecule has 2 amide bonds. The van der Waals surface area contributed by atoms with Crippen LogP contribution in [0.5, 0.6) is 0 Å². The van der Waals surface area contributed by atoms with Gasteiger partial charge in [0.05, 0.1) is 30.7 Å². The normalized spacial score (nSPS) is 25.5. The second-order valence-corrected chi connectivity index (χ2v) is 7.37. The first-order valence-electron chi connectivity index (χ1n) is 9.18. The van der Waals surface area contributed by atoms with E-state index in [0.717, 1.165) is 50.8 Å². The van der Waals surface area contributed by atoms with Crippen LogP contribution in [0.15, 0.2) is 12.4 Å². The van der Waals surface area contributed by atoms with Crippen LogP contribution < -0.4 is 4.90 Å². The zero-order chi connectivity index (χ0) is 17.4. The van der Waals surface area contributed by atoms with Crippen LogP contribution in [0.4, 0.5) is 10.6 Å². The molecule has 2 aliphatic heterocycles. The van der Waals surface area contributed by atoms with Crippen LogP contribution >= 0.6 is 0 Å². The third kappa shape index (κ3) is 2.96. The maximum absolute atomic E-state index is 12.3. The molecule has 3 fully saturated rings. The Kier molecular flexibility index (Phi) is 4.09. The van der Waals surface area contributed by atoms with Gasteiger partial charge in [-0.1, -0.05) is 6.42 Å². The fourth-order valence-corrected chi connectivity index (χ4v) is 4.35. The number of anilines is 1. The van der Waals surface area contributed by atoms with Gasteiger partial charge in [0.15, 0.2) is 5.82 Å². The van der Waals surface area contributed by atoms with Gasteiger partial charge in [0.2, 0.25) is 5.91 Å². The molecule has 0 unspecified atom stereocenters. The number of ether oxygens (including phenoxy) is 1. The molecule has 134 valence electrons. The Morgan fingerprint density at radius 2 is 2.00 bits per heavy atom. The highest BCUT2D eigenvalue weighted by molar-refractivity contribution is 5.89. The van der Waals surface area contributed by atoms with Crippen LogP contribution in [-0.4, -0.2) is 45.6 Å². The van der Waals surface area contributed by atoms with Crippen molar-refractivity contribution in [2.45, 2.75) is 63.5 Å². The van der Waals surface area contributed by atoms with Gasteiger partial charge in [-0.3, -0.25) is 14.7 Å². The second kappa shape index (κ2) is 6.28. The summed E-state index contributed by atoms with van der Waals surface area (Å²) in [6.45, 7) is 2.91. The molecule has 4 rings (SSSR count). The first kappa shape index (κ1) is 16.3. The fourth-order valence-electron chi connectivity index (χ4n) is 4.35. The van der Waals surface area contributed by atoms with E-state index < -0.39 is 0 Å². The summed E-state index contributed by atoms with van der Waals surface area (Å²) in [4.78, 5) is 36.4. The summed E-state index contributed by atoms with van der Waals surface area (Å²) >= 11 is 0. The van der Waals surface area contributed by atoms with Gasteiger partial charge in [0, 0.05) is 13.5 Å². The van der Waals surface area contributed by atoms with Crippen LogP contribution in [0, 0.1) is 0 Å². The van der Waals surface area contributed by atoms with Gasteiger partial charge < -0.3 is 9.64 Å². The van der Waals surface area contributed by atoms with Gasteiger partial charge >= 0.3 is 6.09 Å². The summed E-state index contributed by atoms with van der Waals surface area (Å²) in [6, 6.07) is -0.00531. The molecule has 3 heterocycles. The SMILES string of the molecule is CC(=O)N1CCC[C@@H]1c1cnc(N2CC3(CCCCC3)OC2=O)cn1. The highest BCUT2D eigenvalue weighted by Crippen LogP contribution is 2.38. The molecule has 0 N–H and O–H groups in total. The predicted octanol–water partition coefficient (Wildman–Crippen LogP) is 2.82. The Balaban J connectivity index is 1.50. The van der Waals surface area contributed by atoms with Gasteiger partial charge in [-0.05, 0) is 38.5 Å². The van der Waals surface area contributed by atoms with E-state index in [4.69, 9.17) is 4.74 Å². The molecule has 1 aromatic heterocycles. The molecule has 0 radical (unpaired) electrons. The zero-order valence-electron chi connectivity index (χ0n) is 14.6. The summed E-state index contributed by atoms with van der Waals surface area (Å²) in [5.41, 5.74) is 0.448. The summed E-state index contributed by atoms with van der Waals surface area (Å²) in [5.74, 6) is 0.597. The lowest BCUT2D eigenvalue weighted by Crippen LogP contribution is -2.36. The van der Waals surface area contributed by atoms with Gasteiger partial charge in [-0.2, -0.15) is 0 Å². The van der Waals surface area contributed by atoms with Crippen molar-refractivity contribution in [2.75, 3.05) is 18.0 Å². The molecule has 0 aromatic carbocycles. The lowest BCUT2D eigenvalue weighted by molar-refractivity contribution is -0.129. The largest absolute Gasteiger partial charge is 0.441 e. The van der Waals surface area contributed by atoms with E-state index in [1.807, 2.05) is 4.90 Å². The third-order valence-corrected chi connectivity index (χ3v) is 5.67. The fraction of sp³-hybridized carbons (Fsp3) is 0.667. The number of nitrogens with zero attached hydrogens (tertiary/aromatic N) is 4. The number of aromatic nitrogens is 2. The molecule has 2 saturated heterocycles. The number of hydrogen-bond donors (Lipinski definition) is 0. The van der Waals surface area contributed by atoms with Crippen molar-refractivity contribution in [2.24, 2.45) is 0 Å². The number of likely N-dealkylation sites (tertiary alicyclic amines) is 1. The van der Waals surface area contributed by atoms with Crippen molar-refractivity contribution in [3.63, 3.8) is 0 Å². The van der Waals surface area contributed by atoms with Gasteiger partial charge in [0.25, 0.3) is 0 Å². The zero-order valence-corrected chi connectivity index (χ0v) is 14.6. The maximum Gasteiger partial charge on any atom is 0.416 e. The molecule has 1 aliphatic carbocycles. The molecule has 7 heteroatoms. The van der Waals surface area contributed by atoms with Crippen molar-refractivity contribution >= 4 is 17.8 Å². The second-order valence-electron chi connectivity index (χ2n) is 7.37. The Bertz CT molecular complexity index is 669.